The lowest BCUT2D eigenvalue weighted by atomic mass is 10.1. The molecule has 0 fully saturated rings. The molecule has 1 nitrogen and oxygen atoms in total. The Morgan fingerprint density at radius 1 is 1.56 bits per heavy atom. The van der Waals surface area contributed by atoms with Crippen LogP contribution in [-0.2, 0) is 0 Å². The molecule has 0 aromatic carbocycles. The molecule has 3 heteroatoms. The van der Waals surface area contributed by atoms with E-state index in [9.17, 15) is 0 Å². The van der Waals surface area contributed by atoms with E-state index in [1.54, 1.807) is 0 Å². The first-order valence-electron chi connectivity index (χ1n) is 2.75. The van der Waals surface area contributed by atoms with Crippen molar-refractivity contribution in [1.82, 2.24) is 0 Å². The molecule has 0 unspecified atom stereocenters. The lowest BCUT2D eigenvalue weighted by Crippen LogP contribution is -2.19. The second-order valence-electron chi connectivity index (χ2n) is 2.33. The van der Waals surface area contributed by atoms with E-state index in [1.165, 1.54) is 17.7 Å². The van der Waals surface area contributed by atoms with Crippen molar-refractivity contribution in [3.05, 3.63) is 0 Å². The van der Waals surface area contributed by atoms with Crippen molar-refractivity contribution in [3.63, 3.8) is 0 Å². The standard InChI is InChI=1S/C6H12INS/c1-5(8-9-4)6(2,3)7/h1-4H3. The molecule has 9 heavy (non-hydrogen) atoms. The smallest absolute Gasteiger partial charge is 0.0551 e. The number of nitrogens with zero attached hydrogens (tertiary/aromatic N) is 1. The van der Waals surface area contributed by atoms with E-state index in [-0.39, 0.29) is 3.42 Å². The zero-order chi connectivity index (χ0) is 7.49. The van der Waals surface area contributed by atoms with Crippen molar-refractivity contribution < 1.29 is 0 Å². The molecular formula is C6H12INS. The van der Waals surface area contributed by atoms with Gasteiger partial charge in [0.15, 0.2) is 0 Å². The van der Waals surface area contributed by atoms with Crippen LogP contribution in [0.2, 0.25) is 0 Å². The molecule has 0 aromatic heterocycles. The van der Waals surface area contributed by atoms with Gasteiger partial charge in [-0.15, -0.1) is 0 Å². The van der Waals surface area contributed by atoms with Crippen LogP contribution in [0.3, 0.4) is 0 Å². The van der Waals surface area contributed by atoms with Crippen molar-refractivity contribution in [2.45, 2.75) is 24.2 Å². The molecule has 0 aliphatic carbocycles. The van der Waals surface area contributed by atoms with Crippen LogP contribution in [-0.4, -0.2) is 15.4 Å². The molecule has 0 aromatic rings. The van der Waals surface area contributed by atoms with Gasteiger partial charge in [-0.3, -0.25) is 0 Å². The summed E-state index contributed by atoms with van der Waals surface area (Å²) in [6.45, 7) is 6.37. The van der Waals surface area contributed by atoms with Crippen LogP contribution in [0.4, 0.5) is 0 Å². The van der Waals surface area contributed by atoms with Gasteiger partial charge < -0.3 is 0 Å². The topological polar surface area (TPSA) is 12.4 Å². The number of hydrogen-bond donors (Lipinski definition) is 0. The number of rotatable bonds is 2. The summed E-state index contributed by atoms with van der Waals surface area (Å²) in [6, 6.07) is 0. The van der Waals surface area contributed by atoms with Crippen LogP contribution in [0.25, 0.3) is 0 Å². The minimum Gasteiger partial charge on any atom is -0.225 e. The Morgan fingerprint density at radius 2 is 2.00 bits per heavy atom. The Morgan fingerprint density at radius 3 is 2.11 bits per heavy atom. The Hall–Kier alpha value is 0.750. The van der Waals surface area contributed by atoms with Gasteiger partial charge in [-0.1, -0.05) is 22.6 Å². The van der Waals surface area contributed by atoms with E-state index in [4.69, 9.17) is 0 Å². The van der Waals surface area contributed by atoms with Crippen molar-refractivity contribution in [1.29, 1.82) is 0 Å². The second kappa shape index (κ2) is 3.81. The molecule has 0 heterocycles. The molecule has 0 aliphatic heterocycles. The Labute approximate surface area is 75.0 Å². The summed E-state index contributed by atoms with van der Waals surface area (Å²) in [5, 5.41) is 0. The quantitative estimate of drug-likeness (QED) is 0.320. The summed E-state index contributed by atoms with van der Waals surface area (Å²) in [7, 11) is 0. The minimum atomic E-state index is 0.209. The highest BCUT2D eigenvalue weighted by molar-refractivity contribution is 14.1. The molecule has 0 atom stereocenters. The van der Waals surface area contributed by atoms with E-state index in [2.05, 4.69) is 47.8 Å². The summed E-state index contributed by atoms with van der Waals surface area (Å²) >= 11 is 3.90. The van der Waals surface area contributed by atoms with E-state index < -0.39 is 0 Å². The lowest BCUT2D eigenvalue weighted by Gasteiger charge is -2.14. The van der Waals surface area contributed by atoms with Gasteiger partial charge in [0.25, 0.3) is 0 Å². The van der Waals surface area contributed by atoms with E-state index in [0.717, 1.165) is 0 Å². The second-order valence-corrected chi connectivity index (χ2v) is 5.58. The maximum Gasteiger partial charge on any atom is 0.0551 e. The van der Waals surface area contributed by atoms with E-state index >= 15 is 0 Å². The largest absolute Gasteiger partial charge is 0.225 e. The summed E-state index contributed by atoms with van der Waals surface area (Å²) in [5.74, 6) is 0. The van der Waals surface area contributed by atoms with Gasteiger partial charge in [-0.2, -0.15) is 0 Å². The van der Waals surface area contributed by atoms with Crippen molar-refractivity contribution in [3.8, 4) is 0 Å². The van der Waals surface area contributed by atoms with Crippen molar-refractivity contribution >= 4 is 40.3 Å². The molecule has 0 saturated carbocycles. The van der Waals surface area contributed by atoms with Gasteiger partial charge in [0.2, 0.25) is 0 Å². The average Bonchev–Trinajstić information content (AvgIpc) is 1.64. The Balaban J connectivity index is 4.03. The minimum absolute atomic E-state index is 0.209. The lowest BCUT2D eigenvalue weighted by molar-refractivity contribution is 0.993. The normalized spacial score (nSPS) is 14.1. The highest BCUT2D eigenvalue weighted by Crippen LogP contribution is 2.19. The van der Waals surface area contributed by atoms with Gasteiger partial charge in [0.1, 0.15) is 0 Å². The molecule has 0 N–H and O–H groups in total. The third-order valence-corrected chi connectivity index (χ3v) is 2.33. The highest BCUT2D eigenvalue weighted by atomic mass is 127. The average molecular weight is 257 g/mol. The molecule has 0 spiro atoms. The van der Waals surface area contributed by atoms with Gasteiger partial charge >= 0.3 is 0 Å². The van der Waals surface area contributed by atoms with Crippen LogP contribution in [0.15, 0.2) is 4.40 Å². The van der Waals surface area contributed by atoms with E-state index in [0.29, 0.717) is 0 Å². The van der Waals surface area contributed by atoms with Crippen LogP contribution < -0.4 is 0 Å². The van der Waals surface area contributed by atoms with Crippen LogP contribution in [0.5, 0.6) is 0 Å². The zero-order valence-electron chi connectivity index (χ0n) is 6.23. The number of hydrogen-bond acceptors (Lipinski definition) is 2. The molecular weight excluding hydrogens is 245 g/mol. The molecule has 54 valence electrons. The number of alkyl halides is 1. The predicted molar refractivity (Wildman–Crippen MR) is 54.7 cm³/mol. The van der Waals surface area contributed by atoms with Crippen LogP contribution in [0, 0.1) is 0 Å². The maximum atomic E-state index is 4.22. The third-order valence-electron chi connectivity index (χ3n) is 1.09. The summed E-state index contributed by atoms with van der Waals surface area (Å²) < 4.78 is 4.43. The molecule has 0 bridgehead atoms. The monoisotopic (exact) mass is 257 g/mol. The predicted octanol–water partition coefficient (Wildman–Crippen LogP) is 2.94. The molecule has 0 saturated heterocycles. The van der Waals surface area contributed by atoms with Gasteiger partial charge in [-0.25, -0.2) is 4.40 Å². The van der Waals surface area contributed by atoms with Gasteiger partial charge in [-0.05, 0) is 32.7 Å². The summed E-state index contributed by atoms with van der Waals surface area (Å²) in [5.41, 5.74) is 1.19. The Bertz CT molecular complexity index is 115. The van der Waals surface area contributed by atoms with Crippen molar-refractivity contribution in [2.75, 3.05) is 6.26 Å². The fraction of sp³-hybridized carbons (Fsp3) is 0.833. The van der Waals surface area contributed by atoms with Gasteiger partial charge in [0.05, 0.1) is 3.42 Å². The van der Waals surface area contributed by atoms with Crippen LogP contribution in [0.1, 0.15) is 20.8 Å². The molecule has 0 rings (SSSR count). The summed E-state index contributed by atoms with van der Waals surface area (Å²) in [4.78, 5) is 0. The number of halogens is 1. The SMILES string of the molecule is CSN=C(C)C(C)(C)I. The first-order chi connectivity index (χ1) is 3.98. The van der Waals surface area contributed by atoms with Crippen molar-refractivity contribution in [2.24, 2.45) is 4.40 Å². The molecule has 0 amide bonds. The van der Waals surface area contributed by atoms with E-state index in [1.807, 2.05) is 6.26 Å². The van der Waals surface area contributed by atoms with Crippen LogP contribution >= 0.6 is 34.5 Å². The Kier molecular flexibility index (Phi) is 4.12. The molecule has 0 radical (unpaired) electrons. The summed E-state index contributed by atoms with van der Waals surface area (Å²) in [6.07, 6.45) is 1.98. The zero-order valence-corrected chi connectivity index (χ0v) is 9.21. The third kappa shape index (κ3) is 4.19. The first-order valence-corrected chi connectivity index (χ1v) is 5.01. The van der Waals surface area contributed by atoms with Gasteiger partial charge in [0, 0.05) is 12.0 Å². The maximum absolute atomic E-state index is 4.22. The highest BCUT2D eigenvalue weighted by Gasteiger charge is 2.15. The molecule has 0 aliphatic rings. The fourth-order valence-electron chi connectivity index (χ4n) is 0.245. The first kappa shape index (κ1) is 9.75. The fourth-order valence-corrected chi connectivity index (χ4v) is 1.03.